The quantitative estimate of drug-likeness (QED) is 0.868. The number of nitrogens with zero attached hydrogens (tertiary/aromatic N) is 1. The first-order valence-electron chi connectivity index (χ1n) is 5.06. The maximum Gasteiger partial charge on any atom is 0.270 e. The highest BCUT2D eigenvalue weighted by Gasteiger charge is 2.22. The van der Waals surface area contributed by atoms with E-state index >= 15 is 0 Å². The van der Waals surface area contributed by atoms with E-state index in [-0.39, 0.29) is 5.91 Å². The van der Waals surface area contributed by atoms with Crippen LogP contribution in [-0.2, 0) is 0 Å². The van der Waals surface area contributed by atoms with E-state index < -0.39 is 0 Å². The zero-order valence-electron chi connectivity index (χ0n) is 8.28. The van der Waals surface area contributed by atoms with Crippen LogP contribution in [0, 0.1) is 5.92 Å². The highest BCUT2D eigenvalue weighted by molar-refractivity contribution is 9.09. The Bertz CT molecular complexity index is 328. The van der Waals surface area contributed by atoms with Gasteiger partial charge in [-0.15, -0.1) is 11.3 Å². The second kappa shape index (κ2) is 5.07. The number of thiazole rings is 1. The summed E-state index contributed by atoms with van der Waals surface area (Å²) in [6.45, 7) is 0.776. The van der Waals surface area contributed by atoms with Crippen molar-refractivity contribution in [3.05, 3.63) is 16.6 Å². The van der Waals surface area contributed by atoms with Gasteiger partial charge in [0.05, 0.1) is 5.51 Å². The third kappa shape index (κ3) is 3.01. The van der Waals surface area contributed by atoms with Crippen LogP contribution in [0.25, 0.3) is 0 Å². The Morgan fingerprint density at radius 1 is 1.67 bits per heavy atom. The number of nitrogens with one attached hydrogen (secondary N) is 1. The number of hydrogen-bond donors (Lipinski definition) is 1. The standard InChI is InChI=1S/C10H13BrN2OS/c11-8-2-1-7(3-8)4-12-10(14)9-5-15-6-13-9/h5-8H,1-4H2,(H,12,14). The Morgan fingerprint density at radius 3 is 3.13 bits per heavy atom. The van der Waals surface area contributed by atoms with Crippen LogP contribution in [0.3, 0.4) is 0 Å². The van der Waals surface area contributed by atoms with Crippen molar-refractivity contribution in [1.82, 2.24) is 10.3 Å². The molecule has 3 nitrogen and oxygen atoms in total. The number of amides is 1. The Balaban J connectivity index is 1.76. The lowest BCUT2D eigenvalue weighted by atomic mass is 10.1. The number of halogens is 1. The van der Waals surface area contributed by atoms with Gasteiger partial charge in [0.15, 0.2) is 0 Å². The van der Waals surface area contributed by atoms with Crippen molar-refractivity contribution >= 4 is 33.2 Å². The summed E-state index contributed by atoms with van der Waals surface area (Å²) in [6, 6.07) is 0. The second-order valence-corrected chi connectivity index (χ2v) is 5.87. The molecule has 15 heavy (non-hydrogen) atoms. The molecule has 0 spiro atoms. The summed E-state index contributed by atoms with van der Waals surface area (Å²) in [6.07, 6.45) is 3.59. The van der Waals surface area contributed by atoms with Gasteiger partial charge in [0.2, 0.25) is 0 Å². The van der Waals surface area contributed by atoms with Gasteiger partial charge in [0.1, 0.15) is 5.69 Å². The van der Waals surface area contributed by atoms with Gasteiger partial charge in [0.25, 0.3) is 5.91 Å². The van der Waals surface area contributed by atoms with Gasteiger partial charge in [-0.05, 0) is 25.2 Å². The molecule has 2 rings (SSSR count). The summed E-state index contributed by atoms with van der Waals surface area (Å²) in [7, 11) is 0. The number of carbonyl (C=O) groups excluding carboxylic acids is 1. The molecule has 1 aliphatic rings. The van der Waals surface area contributed by atoms with Crippen LogP contribution < -0.4 is 5.32 Å². The molecule has 1 heterocycles. The topological polar surface area (TPSA) is 42.0 Å². The number of hydrogen-bond acceptors (Lipinski definition) is 3. The maximum absolute atomic E-state index is 11.6. The van der Waals surface area contributed by atoms with Crippen molar-refractivity contribution in [2.45, 2.75) is 24.1 Å². The molecule has 1 N–H and O–H groups in total. The molecule has 1 fully saturated rings. The summed E-state index contributed by atoms with van der Waals surface area (Å²) >= 11 is 5.05. The highest BCUT2D eigenvalue weighted by atomic mass is 79.9. The highest BCUT2D eigenvalue weighted by Crippen LogP contribution is 2.29. The number of alkyl halides is 1. The third-order valence-electron chi connectivity index (χ3n) is 2.69. The molecule has 1 amide bonds. The predicted molar refractivity (Wildman–Crippen MR) is 64.5 cm³/mol. The zero-order valence-corrected chi connectivity index (χ0v) is 10.7. The minimum Gasteiger partial charge on any atom is -0.350 e. The molecule has 1 aromatic heterocycles. The van der Waals surface area contributed by atoms with Crippen molar-refractivity contribution in [3.63, 3.8) is 0 Å². The molecule has 5 heteroatoms. The number of rotatable bonds is 3. The monoisotopic (exact) mass is 288 g/mol. The van der Waals surface area contributed by atoms with Crippen molar-refractivity contribution in [2.75, 3.05) is 6.54 Å². The molecule has 0 aliphatic heterocycles. The zero-order chi connectivity index (χ0) is 10.7. The van der Waals surface area contributed by atoms with Gasteiger partial charge >= 0.3 is 0 Å². The van der Waals surface area contributed by atoms with Gasteiger partial charge < -0.3 is 5.32 Å². The van der Waals surface area contributed by atoms with E-state index in [0.717, 1.165) is 13.0 Å². The van der Waals surface area contributed by atoms with E-state index in [4.69, 9.17) is 0 Å². The normalized spacial score (nSPS) is 25.4. The fourth-order valence-corrected chi connectivity index (χ4v) is 3.18. The smallest absolute Gasteiger partial charge is 0.270 e. The van der Waals surface area contributed by atoms with Crippen molar-refractivity contribution < 1.29 is 4.79 Å². The van der Waals surface area contributed by atoms with Crippen LogP contribution in [0.4, 0.5) is 0 Å². The first-order valence-corrected chi connectivity index (χ1v) is 6.92. The Kier molecular flexibility index (Phi) is 3.75. The number of carbonyl (C=O) groups is 1. The average Bonchev–Trinajstić information content (AvgIpc) is 2.84. The molecule has 1 aliphatic carbocycles. The van der Waals surface area contributed by atoms with Crippen molar-refractivity contribution in [3.8, 4) is 0 Å². The molecular weight excluding hydrogens is 276 g/mol. The van der Waals surface area contributed by atoms with Crippen LogP contribution in [-0.4, -0.2) is 22.3 Å². The van der Waals surface area contributed by atoms with Crippen LogP contribution in [0.1, 0.15) is 29.8 Å². The van der Waals surface area contributed by atoms with Gasteiger partial charge in [0, 0.05) is 16.8 Å². The summed E-state index contributed by atoms with van der Waals surface area (Å²) in [5.41, 5.74) is 2.22. The minimum atomic E-state index is -0.0470. The van der Waals surface area contributed by atoms with E-state index in [1.165, 1.54) is 24.2 Å². The van der Waals surface area contributed by atoms with E-state index in [1.807, 2.05) is 0 Å². The van der Waals surface area contributed by atoms with Gasteiger partial charge in [-0.25, -0.2) is 4.98 Å². The summed E-state index contributed by atoms with van der Waals surface area (Å²) in [5.74, 6) is 0.575. The lowest BCUT2D eigenvalue weighted by Crippen LogP contribution is -2.28. The van der Waals surface area contributed by atoms with Crippen LogP contribution >= 0.6 is 27.3 Å². The van der Waals surface area contributed by atoms with Gasteiger partial charge in [-0.3, -0.25) is 4.79 Å². The molecule has 1 aromatic rings. The lowest BCUT2D eigenvalue weighted by molar-refractivity contribution is 0.0943. The van der Waals surface area contributed by atoms with E-state index in [2.05, 4.69) is 26.2 Å². The molecule has 82 valence electrons. The third-order valence-corrected chi connectivity index (χ3v) is 4.11. The lowest BCUT2D eigenvalue weighted by Gasteiger charge is -2.09. The molecule has 2 unspecified atom stereocenters. The molecule has 0 aromatic carbocycles. The summed E-state index contributed by atoms with van der Waals surface area (Å²) in [4.78, 5) is 16.2. The molecule has 0 saturated heterocycles. The summed E-state index contributed by atoms with van der Waals surface area (Å²) < 4.78 is 0. The molecule has 0 bridgehead atoms. The first kappa shape index (κ1) is 11.1. The van der Waals surface area contributed by atoms with Crippen LogP contribution in [0.5, 0.6) is 0 Å². The Labute approximate surface area is 101 Å². The van der Waals surface area contributed by atoms with Gasteiger partial charge in [-0.1, -0.05) is 15.9 Å². The Hall–Kier alpha value is -0.420. The minimum absolute atomic E-state index is 0.0470. The first-order chi connectivity index (χ1) is 7.25. The van der Waals surface area contributed by atoms with E-state index in [1.54, 1.807) is 10.9 Å². The van der Waals surface area contributed by atoms with Crippen LogP contribution in [0.2, 0.25) is 0 Å². The predicted octanol–water partition coefficient (Wildman–Crippen LogP) is 2.44. The molecule has 2 atom stereocenters. The molecular formula is C10H13BrN2OS. The van der Waals surface area contributed by atoms with E-state index in [9.17, 15) is 4.79 Å². The van der Waals surface area contributed by atoms with Crippen molar-refractivity contribution in [1.29, 1.82) is 0 Å². The van der Waals surface area contributed by atoms with Gasteiger partial charge in [-0.2, -0.15) is 0 Å². The van der Waals surface area contributed by atoms with Crippen molar-refractivity contribution in [2.24, 2.45) is 5.92 Å². The molecule has 1 saturated carbocycles. The van der Waals surface area contributed by atoms with E-state index in [0.29, 0.717) is 16.4 Å². The molecule has 0 radical (unpaired) electrons. The largest absolute Gasteiger partial charge is 0.350 e. The summed E-state index contributed by atoms with van der Waals surface area (Å²) in [5, 5.41) is 4.71. The number of aromatic nitrogens is 1. The fourth-order valence-electron chi connectivity index (χ4n) is 1.85. The fraction of sp³-hybridized carbons (Fsp3) is 0.600. The second-order valence-electron chi connectivity index (χ2n) is 3.86. The SMILES string of the molecule is O=C(NCC1CCC(Br)C1)c1cscn1. The Morgan fingerprint density at radius 2 is 2.53 bits per heavy atom. The van der Waals surface area contributed by atoms with Crippen LogP contribution in [0.15, 0.2) is 10.9 Å². The maximum atomic E-state index is 11.6. The average molecular weight is 289 g/mol.